The topological polar surface area (TPSA) is 143 Å². The van der Waals surface area contributed by atoms with Crippen molar-refractivity contribution in [3.8, 4) is 17.7 Å². The van der Waals surface area contributed by atoms with Crippen molar-refractivity contribution in [3.05, 3.63) is 71.9 Å². The molecular formula is C22H18N10O. The minimum absolute atomic E-state index is 0.0461. The highest BCUT2D eigenvalue weighted by molar-refractivity contribution is 5.82. The number of pyridine rings is 1. The highest BCUT2D eigenvalue weighted by atomic mass is 16.3. The number of rotatable bonds is 6. The maximum Gasteiger partial charge on any atom is 0.183 e. The summed E-state index contributed by atoms with van der Waals surface area (Å²) in [4.78, 5) is 10.5. The van der Waals surface area contributed by atoms with Crippen LogP contribution in [0.4, 0.5) is 11.5 Å². The van der Waals surface area contributed by atoms with Crippen molar-refractivity contribution in [1.29, 1.82) is 5.26 Å². The number of aliphatic hydroxyl groups is 1. The van der Waals surface area contributed by atoms with Gasteiger partial charge in [-0.1, -0.05) is 6.07 Å². The number of nitrogens with one attached hydrogen (secondary N) is 1. The van der Waals surface area contributed by atoms with Gasteiger partial charge in [0.1, 0.15) is 18.2 Å². The molecule has 0 saturated carbocycles. The molecular weight excluding hydrogens is 420 g/mol. The molecule has 0 spiro atoms. The third kappa shape index (κ3) is 3.98. The zero-order valence-corrected chi connectivity index (χ0v) is 17.6. The molecule has 33 heavy (non-hydrogen) atoms. The fraction of sp³-hybridized carbons (Fsp3) is 0.136. The maximum absolute atomic E-state index is 9.42. The average molecular weight is 438 g/mol. The molecule has 0 aliphatic heterocycles. The van der Waals surface area contributed by atoms with Crippen molar-refractivity contribution in [3.63, 3.8) is 0 Å². The van der Waals surface area contributed by atoms with Gasteiger partial charge in [-0.2, -0.15) is 15.5 Å². The number of nitrogens with zero attached hydrogens (tertiary/aromatic N) is 9. The van der Waals surface area contributed by atoms with E-state index in [0.29, 0.717) is 23.9 Å². The van der Waals surface area contributed by atoms with Crippen LogP contribution in [0, 0.1) is 18.3 Å². The SMILES string of the molecule is Cc1ccc(Nc2ccc3c(c2)ncn3-c2ccc(CCO)c(-n3ncc(C#N)n3)n2)nn1. The van der Waals surface area contributed by atoms with E-state index < -0.39 is 0 Å². The van der Waals surface area contributed by atoms with Crippen LogP contribution in [-0.2, 0) is 6.42 Å². The molecule has 162 valence electrons. The second-order valence-electron chi connectivity index (χ2n) is 7.26. The lowest BCUT2D eigenvalue weighted by atomic mass is 10.2. The van der Waals surface area contributed by atoms with Crippen molar-refractivity contribution in [1.82, 2.24) is 39.7 Å². The van der Waals surface area contributed by atoms with E-state index in [-0.39, 0.29) is 12.3 Å². The van der Waals surface area contributed by atoms with Gasteiger partial charge in [0.05, 0.1) is 22.9 Å². The first-order valence-corrected chi connectivity index (χ1v) is 10.1. The first-order valence-electron chi connectivity index (χ1n) is 10.1. The predicted molar refractivity (Wildman–Crippen MR) is 119 cm³/mol. The first-order chi connectivity index (χ1) is 16.1. The standard InChI is InChI=1S/C22H18N10O/c1-14-2-6-20(29-28-14)26-16-4-5-19-18(10-16)24-13-31(19)21-7-3-15(8-9-33)22(27-21)32-25-12-17(11-23)30-32/h2-7,10,12-13,33H,8-9H2,1H3,(H,26,29). The zero-order chi connectivity index (χ0) is 22.8. The van der Waals surface area contributed by atoms with Crippen molar-refractivity contribution < 1.29 is 5.11 Å². The summed E-state index contributed by atoms with van der Waals surface area (Å²) >= 11 is 0. The second-order valence-corrected chi connectivity index (χ2v) is 7.26. The van der Waals surface area contributed by atoms with Gasteiger partial charge >= 0.3 is 0 Å². The van der Waals surface area contributed by atoms with Gasteiger partial charge in [0.2, 0.25) is 0 Å². The quantitative estimate of drug-likeness (QED) is 0.408. The Bertz CT molecular complexity index is 1480. The molecule has 4 aromatic heterocycles. The van der Waals surface area contributed by atoms with Crippen molar-refractivity contribution in [2.75, 3.05) is 11.9 Å². The number of hydrogen-bond acceptors (Lipinski definition) is 9. The van der Waals surface area contributed by atoms with E-state index in [4.69, 9.17) is 10.2 Å². The molecule has 0 radical (unpaired) electrons. The Kier molecular flexibility index (Phi) is 5.18. The second kappa shape index (κ2) is 8.45. The van der Waals surface area contributed by atoms with Gasteiger partial charge in [-0.05, 0) is 49.7 Å². The molecule has 5 rings (SSSR count). The highest BCUT2D eigenvalue weighted by Crippen LogP contribution is 2.24. The molecule has 5 aromatic rings. The first kappa shape index (κ1) is 20.2. The number of aliphatic hydroxyl groups excluding tert-OH is 1. The molecule has 0 unspecified atom stereocenters. The van der Waals surface area contributed by atoms with Crippen molar-refractivity contribution in [2.24, 2.45) is 0 Å². The number of hydrogen-bond donors (Lipinski definition) is 2. The van der Waals surface area contributed by atoms with Crippen LogP contribution in [0.1, 0.15) is 17.0 Å². The fourth-order valence-electron chi connectivity index (χ4n) is 3.39. The van der Waals surface area contributed by atoms with E-state index in [1.165, 1.54) is 11.0 Å². The van der Waals surface area contributed by atoms with Crippen molar-refractivity contribution >= 4 is 22.5 Å². The van der Waals surface area contributed by atoms with E-state index in [1.54, 1.807) is 6.33 Å². The molecule has 0 bridgehead atoms. The summed E-state index contributed by atoms with van der Waals surface area (Å²) in [6, 6.07) is 15.2. The Labute approximate surface area is 188 Å². The van der Waals surface area contributed by atoms with Crippen LogP contribution >= 0.6 is 0 Å². The molecule has 0 amide bonds. The predicted octanol–water partition coefficient (Wildman–Crippen LogP) is 2.25. The molecule has 11 heteroatoms. The minimum Gasteiger partial charge on any atom is -0.396 e. The highest BCUT2D eigenvalue weighted by Gasteiger charge is 2.14. The number of anilines is 2. The molecule has 4 heterocycles. The van der Waals surface area contributed by atoms with E-state index in [1.807, 2.05) is 60.0 Å². The Morgan fingerprint density at radius 3 is 2.79 bits per heavy atom. The maximum atomic E-state index is 9.42. The molecule has 0 aliphatic rings. The van der Waals surface area contributed by atoms with Crippen LogP contribution in [-0.4, -0.2) is 51.4 Å². The lowest BCUT2D eigenvalue weighted by Gasteiger charge is -2.10. The number of aryl methyl sites for hydroxylation is 1. The fourth-order valence-corrected chi connectivity index (χ4v) is 3.39. The summed E-state index contributed by atoms with van der Waals surface area (Å²) in [5.41, 5.74) is 4.25. The summed E-state index contributed by atoms with van der Waals surface area (Å²) < 4.78 is 1.85. The van der Waals surface area contributed by atoms with Crippen LogP contribution in [0.2, 0.25) is 0 Å². The summed E-state index contributed by atoms with van der Waals surface area (Å²) in [5, 5.41) is 38.2. The third-order valence-corrected chi connectivity index (χ3v) is 4.98. The van der Waals surface area contributed by atoms with Crippen LogP contribution in [0.5, 0.6) is 0 Å². The van der Waals surface area contributed by atoms with Crippen LogP contribution in [0.25, 0.3) is 22.7 Å². The van der Waals surface area contributed by atoms with Gasteiger partial charge in [-0.3, -0.25) is 4.57 Å². The monoisotopic (exact) mass is 438 g/mol. The molecule has 2 N–H and O–H groups in total. The molecule has 0 fully saturated rings. The Hall–Kier alpha value is -4.69. The molecule has 1 aromatic carbocycles. The van der Waals surface area contributed by atoms with Gasteiger partial charge in [0.15, 0.2) is 17.3 Å². The lowest BCUT2D eigenvalue weighted by Crippen LogP contribution is -2.10. The Balaban J connectivity index is 1.51. The molecule has 0 saturated heterocycles. The molecule has 0 atom stereocenters. The number of fused-ring (bicyclic) bond motifs is 1. The van der Waals surface area contributed by atoms with Crippen LogP contribution in [0.15, 0.2) is 55.0 Å². The smallest absolute Gasteiger partial charge is 0.183 e. The number of nitriles is 1. The number of aromatic nitrogens is 8. The number of imidazole rings is 1. The summed E-state index contributed by atoms with van der Waals surface area (Å²) in [6.45, 7) is 1.84. The van der Waals surface area contributed by atoms with Gasteiger partial charge in [-0.15, -0.1) is 15.0 Å². The lowest BCUT2D eigenvalue weighted by molar-refractivity contribution is 0.299. The van der Waals surface area contributed by atoms with Crippen LogP contribution in [0.3, 0.4) is 0 Å². The van der Waals surface area contributed by atoms with E-state index in [2.05, 4.69) is 30.7 Å². The summed E-state index contributed by atoms with van der Waals surface area (Å²) in [7, 11) is 0. The van der Waals surface area contributed by atoms with E-state index in [0.717, 1.165) is 28.0 Å². The zero-order valence-electron chi connectivity index (χ0n) is 17.6. The molecule has 11 nitrogen and oxygen atoms in total. The third-order valence-electron chi connectivity index (χ3n) is 4.98. The molecule has 0 aliphatic carbocycles. The summed E-state index contributed by atoms with van der Waals surface area (Å²) in [5.74, 6) is 1.70. The minimum atomic E-state index is -0.0461. The van der Waals surface area contributed by atoms with Gasteiger partial charge < -0.3 is 10.4 Å². The summed E-state index contributed by atoms with van der Waals surface area (Å²) in [6.07, 6.45) is 3.44. The van der Waals surface area contributed by atoms with E-state index >= 15 is 0 Å². The van der Waals surface area contributed by atoms with Gasteiger partial charge in [0, 0.05) is 17.9 Å². The van der Waals surface area contributed by atoms with Gasteiger partial charge in [-0.25, -0.2) is 9.97 Å². The van der Waals surface area contributed by atoms with Crippen molar-refractivity contribution in [2.45, 2.75) is 13.3 Å². The van der Waals surface area contributed by atoms with E-state index in [9.17, 15) is 5.11 Å². The van der Waals surface area contributed by atoms with Crippen LogP contribution < -0.4 is 5.32 Å². The normalized spacial score (nSPS) is 10.9. The van der Waals surface area contributed by atoms with Gasteiger partial charge in [0.25, 0.3) is 0 Å². The number of benzene rings is 1. The Morgan fingerprint density at radius 1 is 1.12 bits per heavy atom. The average Bonchev–Trinajstić information content (AvgIpc) is 3.48. The largest absolute Gasteiger partial charge is 0.396 e. The Morgan fingerprint density at radius 2 is 2.03 bits per heavy atom.